The lowest BCUT2D eigenvalue weighted by molar-refractivity contribution is -0.156. The number of nitrogens with two attached hydrogens (primary N) is 1. The Hall–Kier alpha value is -2.75. The van der Waals surface area contributed by atoms with E-state index in [4.69, 9.17) is 15.2 Å². The van der Waals surface area contributed by atoms with Gasteiger partial charge in [-0.25, -0.2) is 9.59 Å². The van der Waals surface area contributed by atoms with Crippen LogP contribution in [0, 0.1) is 0 Å². The molecule has 2 atom stereocenters. The third-order valence-electron chi connectivity index (χ3n) is 3.46. The van der Waals surface area contributed by atoms with Crippen molar-refractivity contribution >= 4 is 35.6 Å². The minimum atomic E-state index is -1.25. The first-order chi connectivity index (χ1) is 12.8. The summed E-state index contributed by atoms with van der Waals surface area (Å²) in [4.78, 5) is 47.3. The molecule has 0 bridgehead atoms. The minimum absolute atomic E-state index is 0.265. The molecule has 148 valence electrons. The number of carbonyl (C=O) groups excluding carboxylic acids is 4. The summed E-state index contributed by atoms with van der Waals surface area (Å²) in [7, 11) is 1.44. The van der Waals surface area contributed by atoms with Gasteiger partial charge < -0.3 is 20.5 Å². The predicted octanol–water partition coefficient (Wildman–Crippen LogP) is 0.673. The van der Waals surface area contributed by atoms with Gasteiger partial charge in [-0.1, -0.05) is 12.1 Å². The quantitative estimate of drug-likeness (QED) is 0.521. The van der Waals surface area contributed by atoms with Crippen molar-refractivity contribution in [3.63, 3.8) is 0 Å². The standard InChI is InChI=1S/C17H23N3O6S/c1-10(14(21)20-17(18)24)26-16(23)12(8-9-27-3)19-15(22)11-6-4-5-7-13(11)25-2/h4-7,10,12H,8-9H2,1-3H3,(H,19,22)(H3,18,20,21,24)/t10-,12+/m1/s1. The van der Waals surface area contributed by atoms with Gasteiger partial charge in [-0.3, -0.25) is 14.9 Å². The van der Waals surface area contributed by atoms with E-state index in [2.05, 4.69) is 5.32 Å². The minimum Gasteiger partial charge on any atom is -0.496 e. The van der Waals surface area contributed by atoms with Crippen LogP contribution in [0.2, 0.25) is 0 Å². The molecule has 1 aromatic rings. The molecule has 0 radical (unpaired) electrons. The second-order valence-corrected chi connectivity index (χ2v) is 6.43. The number of ether oxygens (including phenoxy) is 2. The van der Waals surface area contributed by atoms with Gasteiger partial charge in [0, 0.05) is 0 Å². The van der Waals surface area contributed by atoms with Crippen molar-refractivity contribution < 1.29 is 28.7 Å². The lowest BCUT2D eigenvalue weighted by Gasteiger charge is -2.20. The number of hydrogen-bond acceptors (Lipinski definition) is 7. The van der Waals surface area contributed by atoms with Gasteiger partial charge in [-0.05, 0) is 37.5 Å². The van der Waals surface area contributed by atoms with Gasteiger partial charge in [0.05, 0.1) is 12.7 Å². The summed E-state index contributed by atoms with van der Waals surface area (Å²) in [6.07, 6.45) is 0.906. The van der Waals surface area contributed by atoms with Crippen molar-refractivity contribution in [3.8, 4) is 5.75 Å². The largest absolute Gasteiger partial charge is 0.496 e. The number of esters is 1. The highest BCUT2D eigenvalue weighted by atomic mass is 32.2. The molecule has 1 aromatic carbocycles. The first-order valence-electron chi connectivity index (χ1n) is 8.03. The van der Waals surface area contributed by atoms with E-state index in [1.807, 2.05) is 11.6 Å². The average Bonchev–Trinajstić information content (AvgIpc) is 2.63. The summed E-state index contributed by atoms with van der Waals surface area (Å²) >= 11 is 1.49. The number of urea groups is 1. The van der Waals surface area contributed by atoms with Gasteiger partial charge >= 0.3 is 12.0 Å². The Labute approximate surface area is 161 Å². The van der Waals surface area contributed by atoms with Crippen molar-refractivity contribution in [1.82, 2.24) is 10.6 Å². The number of nitrogens with one attached hydrogen (secondary N) is 2. The fourth-order valence-electron chi connectivity index (χ4n) is 2.09. The summed E-state index contributed by atoms with van der Waals surface area (Å²) in [5.41, 5.74) is 5.13. The Morgan fingerprint density at radius 2 is 1.89 bits per heavy atom. The van der Waals surface area contributed by atoms with Crippen LogP contribution in [-0.4, -0.2) is 55.1 Å². The van der Waals surface area contributed by atoms with Gasteiger partial charge in [-0.15, -0.1) is 0 Å². The second-order valence-electron chi connectivity index (χ2n) is 5.44. The number of rotatable bonds is 9. The number of methoxy groups -OCH3 is 1. The number of amides is 4. The molecule has 0 heterocycles. The number of primary amides is 1. The molecule has 10 heteroatoms. The Morgan fingerprint density at radius 3 is 2.48 bits per heavy atom. The van der Waals surface area contributed by atoms with E-state index in [1.54, 1.807) is 24.3 Å². The first-order valence-corrected chi connectivity index (χ1v) is 9.43. The molecule has 9 nitrogen and oxygen atoms in total. The van der Waals surface area contributed by atoms with Gasteiger partial charge in [0.25, 0.3) is 11.8 Å². The lowest BCUT2D eigenvalue weighted by Crippen LogP contribution is -2.47. The van der Waals surface area contributed by atoms with E-state index in [9.17, 15) is 19.2 Å². The van der Waals surface area contributed by atoms with E-state index in [1.165, 1.54) is 25.8 Å². The molecule has 4 N–H and O–H groups in total. The highest BCUT2D eigenvalue weighted by Gasteiger charge is 2.27. The van der Waals surface area contributed by atoms with E-state index in [0.717, 1.165) is 0 Å². The maximum atomic E-state index is 12.5. The van der Waals surface area contributed by atoms with Crippen molar-refractivity contribution in [3.05, 3.63) is 29.8 Å². The van der Waals surface area contributed by atoms with Crippen LogP contribution >= 0.6 is 11.8 Å². The van der Waals surface area contributed by atoms with Crippen molar-refractivity contribution in [2.75, 3.05) is 19.1 Å². The molecule has 1 rings (SSSR count). The topological polar surface area (TPSA) is 137 Å². The van der Waals surface area contributed by atoms with Crippen molar-refractivity contribution in [2.24, 2.45) is 5.73 Å². The summed E-state index contributed by atoms with van der Waals surface area (Å²) in [6, 6.07) is 4.55. The van der Waals surface area contributed by atoms with Crippen LogP contribution in [0.3, 0.4) is 0 Å². The molecule has 0 aliphatic rings. The van der Waals surface area contributed by atoms with Crippen LogP contribution in [0.4, 0.5) is 4.79 Å². The van der Waals surface area contributed by atoms with Gasteiger partial charge in [0.1, 0.15) is 11.8 Å². The molecular formula is C17H23N3O6S. The summed E-state index contributed by atoms with van der Waals surface area (Å²) < 4.78 is 10.2. The molecule has 0 aliphatic carbocycles. The average molecular weight is 397 g/mol. The van der Waals surface area contributed by atoms with Crippen LogP contribution in [-0.2, 0) is 14.3 Å². The van der Waals surface area contributed by atoms with Crippen LogP contribution < -0.4 is 21.1 Å². The normalized spacial score (nSPS) is 12.4. The number of imide groups is 1. The molecule has 0 aliphatic heterocycles. The van der Waals surface area contributed by atoms with Crippen molar-refractivity contribution in [1.29, 1.82) is 0 Å². The Kier molecular flexibility index (Phi) is 9.14. The van der Waals surface area contributed by atoms with E-state index in [-0.39, 0.29) is 5.56 Å². The van der Waals surface area contributed by atoms with E-state index in [0.29, 0.717) is 17.9 Å². The zero-order chi connectivity index (χ0) is 20.4. The molecule has 4 amide bonds. The highest BCUT2D eigenvalue weighted by molar-refractivity contribution is 7.98. The number of hydrogen-bond donors (Lipinski definition) is 3. The molecule has 0 aromatic heterocycles. The third-order valence-corrected chi connectivity index (χ3v) is 4.10. The smallest absolute Gasteiger partial charge is 0.329 e. The molecule has 0 fully saturated rings. The predicted molar refractivity (Wildman–Crippen MR) is 101 cm³/mol. The van der Waals surface area contributed by atoms with Crippen LogP contribution in [0.15, 0.2) is 24.3 Å². The van der Waals surface area contributed by atoms with Gasteiger partial charge in [-0.2, -0.15) is 11.8 Å². The van der Waals surface area contributed by atoms with Crippen LogP contribution in [0.1, 0.15) is 23.7 Å². The molecule has 0 saturated carbocycles. The number of benzene rings is 1. The molecular weight excluding hydrogens is 374 g/mol. The molecule has 0 saturated heterocycles. The van der Waals surface area contributed by atoms with Gasteiger partial charge in [0.2, 0.25) is 0 Å². The molecule has 0 spiro atoms. The first kappa shape index (κ1) is 22.3. The molecule has 27 heavy (non-hydrogen) atoms. The van der Waals surface area contributed by atoms with Crippen LogP contribution in [0.5, 0.6) is 5.75 Å². The number of carbonyl (C=O) groups is 4. The van der Waals surface area contributed by atoms with Crippen molar-refractivity contribution in [2.45, 2.75) is 25.5 Å². The maximum absolute atomic E-state index is 12.5. The maximum Gasteiger partial charge on any atom is 0.329 e. The Morgan fingerprint density at radius 1 is 1.22 bits per heavy atom. The zero-order valence-corrected chi connectivity index (χ0v) is 16.1. The second kappa shape index (κ2) is 11.1. The third kappa shape index (κ3) is 7.18. The Balaban J connectivity index is 2.85. The SMILES string of the molecule is COc1ccccc1C(=O)N[C@@H](CCSC)C(=O)O[C@H](C)C(=O)NC(N)=O. The molecule has 0 unspecified atom stereocenters. The fourth-order valence-corrected chi connectivity index (χ4v) is 2.56. The van der Waals surface area contributed by atoms with Gasteiger partial charge in [0.15, 0.2) is 6.10 Å². The monoisotopic (exact) mass is 397 g/mol. The van der Waals surface area contributed by atoms with Crippen LogP contribution in [0.25, 0.3) is 0 Å². The number of thioether (sulfide) groups is 1. The number of para-hydroxylation sites is 1. The van der Waals surface area contributed by atoms with E-state index >= 15 is 0 Å². The summed E-state index contributed by atoms with van der Waals surface area (Å²) in [6.45, 7) is 1.30. The Bertz CT molecular complexity index is 697. The summed E-state index contributed by atoms with van der Waals surface area (Å²) in [5, 5.41) is 4.42. The lowest BCUT2D eigenvalue weighted by atomic mass is 10.1. The van der Waals surface area contributed by atoms with E-state index < -0.39 is 36.0 Å². The fraction of sp³-hybridized carbons (Fsp3) is 0.412. The summed E-state index contributed by atoms with van der Waals surface area (Å²) in [5.74, 6) is -1.21. The zero-order valence-electron chi connectivity index (χ0n) is 15.3. The highest BCUT2D eigenvalue weighted by Crippen LogP contribution is 2.17.